The molecule has 1 saturated heterocycles. The van der Waals surface area contributed by atoms with Crippen LogP contribution in [0, 0.1) is 20.8 Å². The molecule has 2 heterocycles. The molecule has 1 aliphatic heterocycles. The quantitative estimate of drug-likeness (QED) is 0.695. The van der Waals surface area contributed by atoms with Gasteiger partial charge in [0.25, 0.3) is 11.8 Å². The minimum Gasteiger partial charge on any atom is -0.462 e. The summed E-state index contributed by atoms with van der Waals surface area (Å²) in [6.45, 7) is 10.2. The highest BCUT2D eigenvalue weighted by atomic mass is 16.5. The number of carbonyl (C=O) groups excluding carboxylic acids is 3. The highest BCUT2D eigenvalue weighted by molar-refractivity contribution is 6.07. The average molecular weight is 426 g/mol. The maximum atomic E-state index is 12.9. The molecule has 3 rings (SSSR count). The molecule has 0 saturated carbocycles. The molecule has 7 nitrogen and oxygen atoms in total. The van der Waals surface area contributed by atoms with E-state index >= 15 is 0 Å². The predicted octanol–water partition coefficient (Wildman–Crippen LogP) is 4.38. The number of carbonyl (C=O) groups is 3. The van der Waals surface area contributed by atoms with Crippen LogP contribution in [0.15, 0.2) is 18.2 Å². The lowest BCUT2D eigenvalue weighted by molar-refractivity contribution is 0.0524. The number of piperidine rings is 1. The summed E-state index contributed by atoms with van der Waals surface area (Å²) in [6, 6.07) is 5.57. The van der Waals surface area contributed by atoms with Crippen LogP contribution in [0.3, 0.4) is 0 Å². The third-order valence-corrected chi connectivity index (χ3v) is 5.93. The van der Waals surface area contributed by atoms with Crippen molar-refractivity contribution in [3.05, 3.63) is 51.8 Å². The minimum absolute atomic E-state index is 0.0306. The third kappa shape index (κ3) is 4.65. The molecular weight excluding hydrogens is 394 g/mol. The molecule has 1 atom stereocenters. The second kappa shape index (κ2) is 9.37. The van der Waals surface area contributed by atoms with Gasteiger partial charge in [-0.1, -0.05) is 0 Å². The number of H-pyrrole nitrogens is 1. The summed E-state index contributed by atoms with van der Waals surface area (Å²) in [7, 11) is 0. The van der Waals surface area contributed by atoms with Gasteiger partial charge in [-0.25, -0.2) is 4.79 Å². The Balaban J connectivity index is 1.78. The van der Waals surface area contributed by atoms with Crippen molar-refractivity contribution in [2.75, 3.05) is 18.5 Å². The van der Waals surface area contributed by atoms with Crippen LogP contribution in [0.4, 0.5) is 5.69 Å². The number of aromatic amines is 1. The number of hydrogen-bond acceptors (Lipinski definition) is 4. The van der Waals surface area contributed by atoms with Crippen LogP contribution in [0.1, 0.15) is 81.1 Å². The van der Waals surface area contributed by atoms with Gasteiger partial charge in [0, 0.05) is 29.5 Å². The number of nitrogens with zero attached hydrogens (tertiary/aromatic N) is 1. The number of rotatable bonds is 5. The van der Waals surface area contributed by atoms with Crippen molar-refractivity contribution in [3.8, 4) is 0 Å². The lowest BCUT2D eigenvalue weighted by Crippen LogP contribution is -2.42. The van der Waals surface area contributed by atoms with Crippen LogP contribution in [0.2, 0.25) is 0 Å². The zero-order valence-electron chi connectivity index (χ0n) is 18.9. The second-order valence-corrected chi connectivity index (χ2v) is 8.17. The lowest BCUT2D eigenvalue weighted by Gasteiger charge is -2.33. The Kier molecular flexibility index (Phi) is 6.83. The van der Waals surface area contributed by atoms with E-state index in [0.29, 0.717) is 33.8 Å². The number of aryl methyl sites for hydroxylation is 2. The van der Waals surface area contributed by atoms with Crippen molar-refractivity contribution in [2.24, 2.45) is 0 Å². The van der Waals surface area contributed by atoms with Gasteiger partial charge in [-0.2, -0.15) is 0 Å². The third-order valence-electron chi connectivity index (χ3n) is 5.93. The van der Waals surface area contributed by atoms with E-state index in [1.807, 2.05) is 17.9 Å². The number of aromatic nitrogens is 1. The van der Waals surface area contributed by atoms with E-state index in [4.69, 9.17) is 4.74 Å². The normalized spacial score (nSPS) is 16.2. The first-order valence-electron chi connectivity index (χ1n) is 10.8. The van der Waals surface area contributed by atoms with Crippen molar-refractivity contribution >= 4 is 23.5 Å². The van der Waals surface area contributed by atoms with E-state index in [1.54, 1.807) is 32.9 Å². The molecule has 2 amide bonds. The second-order valence-electron chi connectivity index (χ2n) is 8.17. The molecule has 1 aromatic carbocycles. The van der Waals surface area contributed by atoms with Crippen molar-refractivity contribution in [1.82, 2.24) is 9.88 Å². The molecule has 0 spiro atoms. The Bertz CT molecular complexity index is 1010. The first-order valence-corrected chi connectivity index (χ1v) is 10.8. The predicted molar refractivity (Wildman–Crippen MR) is 120 cm³/mol. The first kappa shape index (κ1) is 22.6. The molecule has 1 aromatic heterocycles. The number of nitrogens with one attached hydrogen (secondary N) is 2. The highest BCUT2D eigenvalue weighted by Gasteiger charge is 2.25. The standard InChI is InChI=1S/C24H31N3O4/c1-6-31-24(30)20-16(4)21(25-17(20)5)22(28)26-19-11-10-18(13-14(19)2)23(29)27-12-8-7-9-15(27)3/h10-11,13,15,25H,6-9,12H2,1-5H3,(H,26,28). The Morgan fingerprint density at radius 3 is 2.58 bits per heavy atom. The van der Waals surface area contributed by atoms with Gasteiger partial charge in [-0.05, 0) is 83.2 Å². The fourth-order valence-electron chi connectivity index (χ4n) is 4.17. The Morgan fingerprint density at radius 1 is 1.19 bits per heavy atom. The lowest BCUT2D eigenvalue weighted by atomic mass is 10.0. The smallest absolute Gasteiger partial charge is 0.340 e. The van der Waals surface area contributed by atoms with Gasteiger partial charge in [-0.3, -0.25) is 9.59 Å². The molecule has 7 heteroatoms. The summed E-state index contributed by atoms with van der Waals surface area (Å²) < 4.78 is 5.09. The zero-order valence-corrected chi connectivity index (χ0v) is 18.9. The number of anilines is 1. The first-order chi connectivity index (χ1) is 14.7. The van der Waals surface area contributed by atoms with Crippen molar-refractivity contribution < 1.29 is 19.1 Å². The SMILES string of the molecule is CCOC(=O)c1c(C)[nH]c(C(=O)Nc2ccc(C(=O)N3CCCCC3C)cc2C)c1C. The van der Waals surface area contributed by atoms with E-state index in [-0.39, 0.29) is 24.5 Å². The van der Waals surface area contributed by atoms with Gasteiger partial charge in [0.2, 0.25) is 0 Å². The van der Waals surface area contributed by atoms with Gasteiger partial charge in [0.15, 0.2) is 0 Å². The number of ether oxygens (including phenoxy) is 1. The van der Waals surface area contributed by atoms with Gasteiger partial charge in [-0.15, -0.1) is 0 Å². The van der Waals surface area contributed by atoms with Gasteiger partial charge in [0.1, 0.15) is 5.69 Å². The molecule has 1 unspecified atom stereocenters. The van der Waals surface area contributed by atoms with Crippen LogP contribution in [0.25, 0.3) is 0 Å². The van der Waals surface area contributed by atoms with Gasteiger partial charge < -0.3 is 19.9 Å². The molecule has 31 heavy (non-hydrogen) atoms. The summed E-state index contributed by atoms with van der Waals surface area (Å²) in [6.07, 6.45) is 3.22. The monoisotopic (exact) mass is 425 g/mol. The zero-order chi connectivity index (χ0) is 22.7. The minimum atomic E-state index is -0.446. The topological polar surface area (TPSA) is 91.5 Å². The van der Waals surface area contributed by atoms with E-state index in [1.165, 1.54) is 0 Å². The molecule has 166 valence electrons. The van der Waals surface area contributed by atoms with Crippen LogP contribution < -0.4 is 5.32 Å². The van der Waals surface area contributed by atoms with Crippen molar-refractivity contribution in [2.45, 2.75) is 59.9 Å². The van der Waals surface area contributed by atoms with Crippen LogP contribution >= 0.6 is 0 Å². The fourth-order valence-corrected chi connectivity index (χ4v) is 4.17. The molecule has 2 aromatic rings. The highest BCUT2D eigenvalue weighted by Crippen LogP contribution is 2.24. The molecule has 1 fully saturated rings. The summed E-state index contributed by atoms with van der Waals surface area (Å²) in [5.74, 6) is -0.759. The molecular formula is C24H31N3O4. The fraction of sp³-hybridized carbons (Fsp3) is 0.458. The Hall–Kier alpha value is -3.09. The maximum Gasteiger partial charge on any atom is 0.340 e. The Morgan fingerprint density at radius 2 is 1.94 bits per heavy atom. The van der Waals surface area contributed by atoms with Crippen molar-refractivity contribution in [3.63, 3.8) is 0 Å². The van der Waals surface area contributed by atoms with E-state index in [2.05, 4.69) is 17.2 Å². The van der Waals surface area contributed by atoms with Crippen molar-refractivity contribution in [1.29, 1.82) is 0 Å². The Labute approximate surface area is 183 Å². The summed E-state index contributed by atoms with van der Waals surface area (Å²) in [5.41, 5.74) is 3.91. The average Bonchev–Trinajstić information content (AvgIpc) is 3.03. The molecule has 1 aliphatic rings. The number of benzene rings is 1. The van der Waals surface area contributed by atoms with Crippen LogP contribution in [0.5, 0.6) is 0 Å². The summed E-state index contributed by atoms with van der Waals surface area (Å²) in [5, 5.41) is 2.89. The van der Waals surface area contributed by atoms with Crippen LogP contribution in [-0.4, -0.2) is 46.9 Å². The van der Waals surface area contributed by atoms with E-state index in [9.17, 15) is 14.4 Å². The summed E-state index contributed by atoms with van der Waals surface area (Å²) >= 11 is 0. The largest absolute Gasteiger partial charge is 0.462 e. The number of esters is 1. The molecule has 0 bridgehead atoms. The molecule has 2 N–H and O–H groups in total. The van der Waals surface area contributed by atoms with Gasteiger partial charge >= 0.3 is 5.97 Å². The number of likely N-dealkylation sites (tertiary alicyclic amines) is 1. The van der Waals surface area contributed by atoms with Gasteiger partial charge in [0.05, 0.1) is 12.2 Å². The van der Waals surface area contributed by atoms with Crippen LogP contribution in [-0.2, 0) is 4.74 Å². The maximum absolute atomic E-state index is 12.9. The van der Waals surface area contributed by atoms with E-state index in [0.717, 1.165) is 31.4 Å². The van der Waals surface area contributed by atoms with E-state index < -0.39 is 5.97 Å². The molecule has 0 aliphatic carbocycles. The number of hydrogen-bond donors (Lipinski definition) is 2. The number of amides is 2. The molecule has 0 radical (unpaired) electrons. The summed E-state index contributed by atoms with van der Waals surface area (Å²) in [4.78, 5) is 42.9.